The number of nitrogen functional groups attached to an aromatic ring is 1. The second-order valence-corrected chi connectivity index (χ2v) is 5.42. The Labute approximate surface area is 109 Å². The zero-order valence-corrected chi connectivity index (χ0v) is 10.8. The number of carbonyl (C=O) groups is 1. The molecule has 3 rings (SSSR count). The SMILES string of the molecule is COC(=O)c1c(N)sc2c1-c1ccccc1CC2. The van der Waals surface area contributed by atoms with Gasteiger partial charge in [-0.1, -0.05) is 24.3 Å². The van der Waals surface area contributed by atoms with Crippen molar-refractivity contribution < 1.29 is 9.53 Å². The Morgan fingerprint density at radius 3 is 2.89 bits per heavy atom. The molecule has 0 aliphatic heterocycles. The monoisotopic (exact) mass is 259 g/mol. The third-order valence-electron chi connectivity index (χ3n) is 3.31. The fraction of sp³-hybridized carbons (Fsp3) is 0.214. The predicted octanol–water partition coefficient (Wildman–Crippen LogP) is 2.88. The Morgan fingerprint density at radius 1 is 1.33 bits per heavy atom. The average molecular weight is 259 g/mol. The molecule has 0 saturated heterocycles. The number of nitrogens with two attached hydrogens (primary N) is 1. The van der Waals surface area contributed by atoms with Crippen LogP contribution in [0.5, 0.6) is 0 Å². The van der Waals surface area contributed by atoms with E-state index in [9.17, 15) is 4.79 Å². The van der Waals surface area contributed by atoms with Crippen molar-refractivity contribution in [2.24, 2.45) is 0 Å². The van der Waals surface area contributed by atoms with Crippen LogP contribution in [-0.2, 0) is 17.6 Å². The van der Waals surface area contributed by atoms with Crippen LogP contribution in [0.4, 0.5) is 5.00 Å². The molecule has 0 spiro atoms. The first kappa shape index (κ1) is 11.3. The van der Waals surface area contributed by atoms with Crippen molar-refractivity contribution in [3.63, 3.8) is 0 Å². The summed E-state index contributed by atoms with van der Waals surface area (Å²) in [7, 11) is 1.39. The second kappa shape index (κ2) is 4.14. The molecule has 0 fully saturated rings. The quantitative estimate of drug-likeness (QED) is 0.801. The van der Waals surface area contributed by atoms with Gasteiger partial charge in [0.1, 0.15) is 10.6 Å². The van der Waals surface area contributed by atoms with E-state index in [0.717, 1.165) is 24.0 Å². The molecule has 0 atom stereocenters. The summed E-state index contributed by atoms with van der Waals surface area (Å²) in [6.45, 7) is 0. The lowest BCUT2D eigenvalue weighted by Crippen LogP contribution is -2.08. The largest absolute Gasteiger partial charge is 0.465 e. The molecular formula is C14H13NO2S. The first-order chi connectivity index (χ1) is 8.72. The highest BCUT2D eigenvalue weighted by atomic mass is 32.1. The standard InChI is InChI=1S/C14H13NO2S/c1-17-14(16)12-11-9-5-3-2-4-8(9)6-7-10(11)18-13(12)15/h2-5H,6-7,15H2,1H3. The lowest BCUT2D eigenvalue weighted by molar-refractivity contribution is 0.0603. The van der Waals surface area contributed by atoms with E-state index in [1.54, 1.807) is 0 Å². The molecule has 1 heterocycles. The topological polar surface area (TPSA) is 52.3 Å². The number of esters is 1. The number of methoxy groups -OCH3 is 1. The highest BCUT2D eigenvalue weighted by Crippen LogP contribution is 2.43. The van der Waals surface area contributed by atoms with Gasteiger partial charge in [-0.05, 0) is 24.0 Å². The Bertz CT molecular complexity index is 631. The van der Waals surface area contributed by atoms with Gasteiger partial charge in [0.2, 0.25) is 0 Å². The van der Waals surface area contributed by atoms with Gasteiger partial charge in [-0.2, -0.15) is 0 Å². The van der Waals surface area contributed by atoms with Crippen LogP contribution in [0.3, 0.4) is 0 Å². The van der Waals surface area contributed by atoms with Crippen LogP contribution in [-0.4, -0.2) is 13.1 Å². The molecule has 2 aromatic rings. The van der Waals surface area contributed by atoms with Gasteiger partial charge in [-0.3, -0.25) is 0 Å². The Balaban J connectivity index is 2.28. The van der Waals surface area contributed by atoms with Crippen molar-refractivity contribution in [1.29, 1.82) is 0 Å². The number of carbonyl (C=O) groups excluding carboxylic acids is 1. The molecule has 2 N–H and O–H groups in total. The minimum Gasteiger partial charge on any atom is -0.465 e. The molecular weight excluding hydrogens is 246 g/mol. The van der Waals surface area contributed by atoms with Gasteiger partial charge in [0.25, 0.3) is 0 Å². The van der Waals surface area contributed by atoms with Gasteiger partial charge in [0.15, 0.2) is 0 Å². The van der Waals surface area contributed by atoms with E-state index < -0.39 is 0 Å². The van der Waals surface area contributed by atoms with Gasteiger partial charge in [0.05, 0.1) is 7.11 Å². The molecule has 0 saturated carbocycles. The molecule has 18 heavy (non-hydrogen) atoms. The van der Waals surface area contributed by atoms with E-state index in [-0.39, 0.29) is 5.97 Å². The second-order valence-electron chi connectivity index (χ2n) is 4.29. The Hall–Kier alpha value is -1.81. The van der Waals surface area contributed by atoms with E-state index in [0.29, 0.717) is 10.6 Å². The van der Waals surface area contributed by atoms with E-state index in [1.807, 2.05) is 18.2 Å². The molecule has 1 aromatic heterocycles. The van der Waals surface area contributed by atoms with E-state index in [4.69, 9.17) is 10.5 Å². The summed E-state index contributed by atoms with van der Waals surface area (Å²) in [5.74, 6) is -0.346. The van der Waals surface area contributed by atoms with Crippen molar-refractivity contribution >= 4 is 22.3 Å². The van der Waals surface area contributed by atoms with E-state index >= 15 is 0 Å². The van der Waals surface area contributed by atoms with Crippen LogP contribution >= 0.6 is 11.3 Å². The van der Waals surface area contributed by atoms with Gasteiger partial charge in [0, 0.05) is 10.4 Å². The van der Waals surface area contributed by atoms with Crippen molar-refractivity contribution in [3.8, 4) is 11.1 Å². The average Bonchev–Trinajstić information content (AvgIpc) is 2.74. The third kappa shape index (κ3) is 1.53. The molecule has 0 amide bonds. The van der Waals surface area contributed by atoms with Crippen LogP contribution < -0.4 is 5.73 Å². The number of anilines is 1. The number of hydrogen-bond acceptors (Lipinski definition) is 4. The summed E-state index contributed by atoms with van der Waals surface area (Å²) in [4.78, 5) is 13.1. The van der Waals surface area contributed by atoms with Crippen LogP contribution in [0.15, 0.2) is 24.3 Å². The van der Waals surface area contributed by atoms with E-state index in [1.165, 1.54) is 28.9 Å². The Kier molecular flexibility index (Phi) is 2.59. The van der Waals surface area contributed by atoms with Crippen molar-refractivity contribution in [3.05, 3.63) is 40.3 Å². The first-order valence-electron chi connectivity index (χ1n) is 5.80. The number of aryl methyl sites for hydroxylation is 2. The number of fused-ring (bicyclic) bond motifs is 3. The summed E-state index contributed by atoms with van der Waals surface area (Å²) >= 11 is 1.50. The number of rotatable bonds is 1. The molecule has 4 heteroatoms. The van der Waals surface area contributed by atoms with Crippen LogP contribution in [0.1, 0.15) is 20.8 Å². The lowest BCUT2D eigenvalue weighted by Gasteiger charge is -2.17. The Morgan fingerprint density at radius 2 is 2.11 bits per heavy atom. The number of ether oxygens (including phenoxy) is 1. The molecule has 1 aliphatic rings. The van der Waals surface area contributed by atoms with Gasteiger partial charge in [-0.15, -0.1) is 11.3 Å². The number of benzene rings is 1. The summed E-state index contributed by atoms with van der Waals surface area (Å²) < 4.78 is 4.84. The van der Waals surface area contributed by atoms with Crippen LogP contribution in [0, 0.1) is 0 Å². The number of hydrogen-bond donors (Lipinski definition) is 1. The molecule has 1 aliphatic carbocycles. The molecule has 0 bridgehead atoms. The normalized spacial score (nSPS) is 12.7. The van der Waals surface area contributed by atoms with Crippen molar-refractivity contribution in [2.75, 3.05) is 12.8 Å². The fourth-order valence-electron chi connectivity index (χ4n) is 2.49. The van der Waals surface area contributed by atoms with E-state index in [2.05, 4.69) is 6.07 Å². The summed E-state index contributed by atoms with van der Waals surface area (Å²) in [6.07, 6.45) is 1.95. The zero-order chi connectivity index (χ0) is 12.7. The maximum atomic E-state index is 11.9. The predicted molar refractivity (Wildman–Crippen MR) is 72.9 cm³/mol. The summed E-state index contributed by atoms with van der Waals surface area (Å²) in [5.41, 5.74) is 9.87. The first-order valence-corrected chi connectivity index (χ1v) is 6.61. The maximum absolute atomic E-state index is 11.9. The van der Waals surface area contributed by atoms with Gasteiger partial charge in [-0.25, -0.2) is 4.79 Å². The minimum atomic E-state index is -0.346. The number of thiophene rings is 1. The highest BCUT2D eigenvalue weighted by molar-refractivity contribution is 7.17. The molecule has 1 aromatic carbocycles. The molecule has 0 radical (unpaired) electrons. The molecule has 0 unspecified atom stereocenters. The van der Waals surface area contributed by atoms with Gasteiger partial charge >= 0.3 is 5.97 Å². The molecule has 3 nitrogen and oxygen atoms in total. The molecule has 92 valence electrons. The summed E-state index contributed by atoms with van der Waals surface area (Å²) in [5, 5.41) is 0.559. The smallest absolute Gasteiger partial charge is 0.341 e. The van der Waals surface area contributed by atoms with Gasteiger partial charge < -0.3 is 10.5 Å². The summed E-state index contributed by atoms with van der Waals surface area (Å²) in [6, 6.07) is 8.17. The zero-order valence-electron chi connectivity index (χ0n) is 10.0. The highest BCUT2D eigenvalue weighted by Gasteiger charge is 2.27. The lowest BCUT2D eigenvalue weighted by atomic mass is 9.88. The van der Waals surface area contributed by atoms with Crippen molar-refractivity contribution in [1.82, 2.24) is 0 Å². The van der Waals surface area contributed by atoms with Crippen LogP contribution in [0.2, 0.25) is 0 Å². The third-order valence-corrected chi connectivity index (χ3v) is 4.38. The maximum Gasteiger partial charge on any atom is 0.341 e. The van der Waals surface area contributed by atoms with Crippen LogP contribution in [0.25, 0.3) is 11.1 Å². The minimum absolute atomic E-state index is 0.346. The fourth-order valence-corrected chi connectivity index (χ4v) is 3.56. The van der Waals surface area contributed by atoms with Crippen molar-refractivity contribution in [2.45, 2.75) is 12.8 Å².